The van der Waals surface area contributed by atoms with Crippen molar-refractivity contribution in [3.63, 3.8) is 0 Å². The lowest BCUT2D eigenvalue weighted by Crippen LogP contribution is -2.01. The highest BCUT2D eigenvalue weighted by molar-refractivity contribution is 5.67. The van der Waals surface area contributed by atoms with Crippen molar-refractivity contribution in [3.8, 4) is 0 Å². The lowest BCUT2D eigenvalue weighted by molar-refractivity contribution is 0.914. The molecular formula is C11H13N. The molecule has 1 heterocycles. The summed E-state index contributed by atoms with van der Waals surface area (Å²) in [6.45, 7) is 4.26. The molecule has 0 atom stereocenters. The number of allylic oxidation sites excluding steroid dienone is 2. The summed E-state index contributed by atoms with van der Waals surface area (Å²) in [6, 6.07) is 2.23. The third-order valence-electron chi connectivity index (χ3n) is 2.36. The van der Waals surface area contributed by atoms with Crippen LogP contribution in [0.3, 0.4) is 0 Å². The molecule has 1 aromatic rings. The lowest BCUT2D eigenvalue weighted by atomic mass is 9.95. The molecule has 0 aliphatic heterocycles. The molecule has 0 saturated carbocycles. The van der Waals surface area contributed by atoms with E-state index in [1.165, 1.54) is 22.4 Å². The van der Waals surface area contributed by atoms with Crippen LogP contribution in [-0.2, 0) is 6.42 Å². The molecule has 0 radical (unpaired) electrons. The molecule has 62 valence electrons. The Hall–Kier alpha value is -1.11. The first-order valence-electron chi connectivity index (χ1n) is 4.40. The minimum absolute atomic E-state index is 1.10. The SMILES string of the molecule is CC1=CCCc2ncc(C)cc21. The summed E-state index contributed by atoms with van der Waals surface area (Å²) in [5.74, 6) is 0. The summed E-state index contributed by atoms with van der Waals surface area (Å²) in [5.41, 5.74) is 5.25. The molecule has 0 amide bonds. The third kappa shape index (κ3) is 1.15. The van der Waals surface area contributed by atoms with Crippen LogP contribution in [0.2, 0.25) is 0 Å². The molecule has 0 N–H and O–H groups in total. The fourth-order valence-electron chi connectivity index (χ4n) is 1.67. The van der Waals surface area contributed by atoms with Crippen LogP contribution in [-0.4, -0.2) is 4.98 Å². The first kappa shape index (κ1) is 7.53. The Morgan fingerprint density at radius 3 is 3.00 bits per heavy atom. The molecule has 1 aliphatic rings. The summed E-state index contributed by atoms with van der Waals surface area (Å²) >= 11 is 0. The Morgan fingerprint density at radius 2 is 2.17 bits per heavy atom. The second-order valence-electron chi connectivity index (χ2n) is 3.43. The van der Waals surface area contributed by atoms with Gasteiger partial charge in [-0.25, -0.2) is 0 Å². The van der Waals surface area contributed by atoms with E-state index in [1.54, 1.807) is 0 Å². The Labute approximate surface area is 73.1 Å². The fraction of sp³-hybridized carbons (Fsp3) is 0.364. The molecule has 0 fully saturated rings. The molecule has 12 heavy (non-hydrogen) atoms. The Morgan fingerprint density at radius 1 is 1.33 bits per heavy atom. The number of aryl methyl sites for hydroxylation is 2. The second kappa shape index (κ2) is 2.74. The zero-order chi connectivity index (χ0) is 8.55. The maximum absolute atomic E-state index is 4.43. The normalized spacial score (nSPS) is 15.3. The standard InChI is InChI=1S/C11H13N/c1-8-6-10-9(2)4-3-5-11(10)12-7-8/h4,6-7H,3,5H2,1-2H3. The van der Waals surface area contributed by atoms with Crippen molar-refractivity contribution in [2.75, 3.05) is 0 Å². The van der Waals surface area contributed by atoms with Crippen molar-refractivity contribution in [3.05, 3.63) is 35.2 Å². The smallest absolute Gasteiger partial charge is 0.0481 e. The average molecular weight is 159 g/mol. The molecular weight excluding hydrogens is 146 g/mol. The van der Waals surface area contributed by atoms with Gasteiger partial charge in [-0.15, -0.1) is 0 Å². The summed E-state index contributed by atoms with van der Waals surface area (Å²) in [5, 5.41) is 0. The largest absolute Gasteiger partial charge is 0.260 e. The van der Waals surface area contributed by atoms with E-state index in [2.05, 4.69) is 31.0 Å². The Balaban J connectivity index is 2.58. The van der Waals surface area contributed by atoms with Gasteiger partial charge < -0.3 is 0 Å². The van der Waals surface area contributed by atoms with Gasteiger partial charge >= 0.3 is 0 Å². The highest BCUT2D eigenvalue weighted by atomic mass is 14.7. The zero-order valence-corrected chi connectivity index (χ0v) is 7.59. The topological polar surface area (TPSA) is 12.9 Å². The molecule has 1 heteroatoms. The van der Waals surface area contributed by atoms with Gasteiger partial charge in [-0.1, -0.05) is 6.08 Å². The molecule has 0 saturated heterocycles. The van der Waals surface area contributed by atoms with Gasteiger partial charge in [-0.2, -0.15) is 0 Å². The maximum Gasteiger partial charge on any atom is 0.0481 e. The van der Waals surface area contributed by atoms with Gasteiger partial charge in [0.2, 0.25) is 0 Å². The number of hydrogen-bond donors (Lipinski definition) is 0. The quantitative estimate of drug-likeness (QED) is 0.567. The summed E-state index contributed by atoms with van der Waals surface area (Å²) in [7, 11) is 0. The van der Waals surface area contributed by atoms with Gasteiger partial charge in [0.25, 0.3) is 0 Å². The van der Waals surface area contributed by atoms with E-state index in [0.717, 1.165) is 12.8 Å². The predicted octanol–water partition coefficient (Wildman–Crippen LogP) is 2.74. The van der Waals surface area contributed by atoms with Crippen LogP contribution < -0.4 is 0 Å². The number of aromatic nitrogens is 1. The molecule has 1 aromatic heterocycles. The molecule has 1 nitrogen and oxygen atoms in total. The van der Waals surface area contributed by atoms with Gasteiger partial charge in [-0.3, -0.25) is 4.98 Å². The van der Waals surface area contributed by atoms with Gasteiger partial charge in [0.05, 0.1) is 0 Å². The van der Waals surface area contributed by atoms with E-state index in [9.17, 15) is 0 Å². The van der Waals surface area contributed by atoms with E-state index in [0.29, 0.717) is 0 Å². The minimum atomic E-state index is 1.10. The monoisotopic (exact) mass is 159 g/mol. The van der Waals surface area contributed by atoms with E-state index in [1.807, 2.05) is 6.20 Å². The summed E-state index contributed by atoms with van der Waals surface area (Å²) in [6.07, 6.45) is 6.50. The lowest BCUT2D eigenvalue weighted by Gasteiger charge is -2.13. The minimum Gasteiger partial charge on any atom is -0.260 e. The number of fused-ring (bicyclic) bond motifs is 1. The molecule has 0 spiro atoms. The van der Waals surface area contributed by atoms with E-state index >= 15 is 0 Å². The summed E-state index contributed by atoms with van der Waals surface area (Å²) < 4.78 is 0. The van der Waals surface area contributed by atoms with Crippen LogP contribution in [0.5, 0.6) is 0 Å². The number of pyridine rings is 1. The van der Waals surface area contributed by atoms with Crippen LogP contribution >= 0.6 is 0 Å². The van der Waals surface area contributed by atoms with Crippen LogP contribution in [0, 0.1) is 6.92 Å². The van der Waals surface area contributed by atoms with Crippen LogP contribution in [0.1, 0.15) is 30.2 Å². The summed E-state index contributed by atoms with van der Waals surface area (Å²) in [4.78, 5) is 4.43. The van der Waals surface area contributed by atoms with Gasteiger partial charge in [0, 0.05) is 11.9 Å². The van der Waals surface area contributed by atoms with Gasteiger partial charge in [0.1, 0.15) is 0 Å². The van der Waals surface area contributed by atoms with Crippen LogP contribution in [0.15, 0.2) is 18.3 Å². The van der Waals surface area contributed by atoms with Crippen molar-refractivity contribution in [1.29, 1.82) is 0 Å². The second-order valence-corrected chi connectivity index (χ2v) is 3.43. The molecule has 0 aromatic carbocycles. The zero-order valence-electron chi connectivity index (χ0n) is 7.59. The fourth-order valence-corrected chi connectivity index (χ4v) is 1.67. The van der Waals surface area contributed by atoms with E-state index in [4.69, 9.17) is 0 Å². The van der Waals surface area contributed by atoms with Crippen molar-refractivity contribution in [2.45, 2.75) is 26.7 Å². The van der Waals surface area contributed by atoms with Gasteiger partial charge in [0.15, 0.2) is 0 Å². The number of rotatable bonds is 0. The van der Waals surface area contributed by atoms with Crippen molar-refractivity contribution >= 4 is 5.57 Å². The number of nitrogens with zero attached hydrogens (tertiary/aromatic N) is 1. The van der Waals surface area contributed by atoms with E-state index < -0.39 is 0 Å². The maximum atomic E-state index is 4.43. The molecule has 0 unspecified atom stereocenters. The highest BCUT2D eigenvalue weighted by Gasteiger charge is 2.09. The van der Waals surface area contributed by atoms with Crippen molar-refractivity contribution < 1.29 is 0 Å². The van der Waals surface area contributed by atoms with Crippen LogP contribution in [0.25, 0.3) is 5.57 Å². The molecule has 0 bridgehead atoms. The Kier molecular flexibility index (Phi) is 1.72. The average Bonchev–Trinajstić information content (AvgIpc) is 2.07. The Bertz CT molecular complexity index is 337. The van der Waals surface area contributed by atoms with Crippen LogP contribution in [0.4, 0.5) is 0 Å². The predicted molar refractivity (Wildman–Crippen MR) is 50.9 cm³/mol. The highest BCUT2D eigenvalue weighted by Crippen LogP contribution is 2.24. The van der Waals surface area contributed by atoms with E-state index in [-0.39, 0.29) is 0 Å². The van der Waals surface area contributed by atoms with Gasteiger partial charge in [-0.05, 0) is 49.5 Å². The third-order valence-corrected chi connectivity index (χ3v) is 2.36. The first-order chi connectivity index (χ1) is 5.77. The first-order valence-corrected chi connectivity index (χ1v) is 4.40. The van der Waals surface area contributed by atoms with Crippen molar-refractivity contribution in [1.82, 2.24) is 4.98 Å². The molecule has 1 aliphatic carbocycles. The van der Waals surface area contributed by atoms with Crippen molar-refractivity contribution in [2.24, 2.45) is 0 Å². The molecule has 2 rings (SSSR count). The number of hydrogen-bond acceptors (Lipinski definition) is 1.